The zero-order valence-electron chi connectivity index (χ0n) is 12.7. The van der Waals surface area contributed by atoms with Crippen molar-refractivity contribution in [3.8, 4) is 21.6 Å². The lowest BCUT2D eigenvalue weighted by molar-refractivity contribution is 0.628. The summed E-state index contributed by atoms with van der Waals surface area (Å²) in [5.74, 6) is -0.199. The third kappa shape index (κ3) is 2.66. The van der Waals surface area contributed by atoms with Crippen molar-refractivity contribution in [3.63, 3.8) is 0 Å². The summed E-state index contributed by atoms with van der Waals surface area (Å²) in [5, 5.41) is 1.23. The van der Waals surface area contributed by atoms with Crippen molar-refractivity contribution in [2.24, 2.45) is 0 Å². The summed E-state index contributed by atoms with van der Waals surface area (Å²) in [4.78, 5) is 1.17. The van der Waals surface area contributed by atoms with Gasteiger partial charge >= 0.3 is 0 Å². The zero-order chi connectivity index (χ0) is 15.8. The highest BCUT2D eigenvalue weighted by atomic mass is 32.1. The van der Waals surface area contributed by atoms with Gasteiger partial charge in [-0.05, 0) is 47.2 Å². The number of fused-ring (bicyclic) bond motifs is 1. The van der Waals surface area contributed by atoms with Gasteiger partial charge in [-0.15, -0.1) is 11.3 Å². The van der Waals surface area contributed by atoms with Gasteiger partial charge in [0.2, 0.25) is 0 Å². The van der Waals surface area contributed by atoms with Crippen LogP contribution in [-0.4, -0.2) is 0 Å². The molecule has 0 bridgehead atoms. The molecule has 0 spiro atoms. The maximum absolute atomic E-state index is 13.1. The minimum Gasteiger partial charge on any atom is -0.207 e. The highest BCUT2D eigenvalue weighted by Gasteiger charge is 2.09. The molecule has 0 atom stereocenters. The van der Waals surface area contributed by atoms with Gasteiger partial charge < -0.3 is 0 Å². The molecule has 0 aliphatic carbocycles. The largest absolute Gasteiger partial charge is 0.207 e. The lowest BCUT2D eigenvalue weighted by atomic mass is 10.0. The fourth-order valence-electron chi connectivity index (χ4n) is 2.78. The van der Waals surface area contributed by atoms with Gasteiger partial charge in [0.1, 0.15) is 5.82 Å². The smallest absolute Gasteiger partial charge is 0.123 e. The van der Waals surface area contributed by atoms with Gasteiger partial charge in [0, 0.05) is 9.58 Å². The second-order valence-corrected chi connectivity index (χ2v) is 6.76. The Hall–Kier alpha value is -2.45. The Morgan fingerprint density at radius 3 is 2.22 bits per heavy atom. The Bertz CT molecular complexity index is 963. The molecule has 4 aromatic rings. The molecule has 0 aliphatic heterocycles. The summed E-state index contributed by atoms with van der Waals surface area (Å²) < 4.78 is 14.4. The van der Waals surface area contributed by atoms with E-state index in [1.165, 1.54) is 43.8 Å². The first-order valence-electron chi connectivity index (χ1n) is 7.56. The Balaban J connectivity index is 1.87. The molecule has 1 aromatic heterocycles. The van der Waals surface area contributed by atoms with E-state index < -0.39 is 0 Å². The van der Waals surface area contributed by atoms with Crippen LogP contribution >= 0.6 is 11.3 Å². The predicted molar refractivity (Wildman–Crippen MR) is 97.4 cm³/mol. The van der Waals surface area contributed by atoms with Crippen molar-refractivity contribution in [3.05, 3.63) is 84.2 Å². The zero-order valence-corrected chi connectivity index (χ0v) is 13.5. The number of aryl methyl sites for hydroxylation is 1. The van der Waals surface area contributed by atoms with Crippen LogP contribution in [0.5, 0.6) is 0 Å². The number of hydrogen-bond donors (Lipinski definition) is 0. The molecule has 112 valence electrons. The lowest BCUT2D eigenvalue weighted by Gasteiger charge is -2.03. The summed E-state index contributed by atoms with van der Waals surface area (Å²) in [6.07, 6.45) is 0. The summed E-state index contributed by atoms with van der Waals surface area (Å²) in [6, 6.07) is 23.9. The van der Waals surface area contributed by atoms with Gasteiger partial charge in [-0.25, -0.2) is 4.39 Å². The van der Waals surface area contributed by atoms with E-state index in [-0.39, 0.29) is 5.82 Å². The molecule has 0 unspecified atom stereocenters. The third-order valence-corrected chi connectivity index (χ3v) is 5.27. The van der Waals surface area contributed by atoms with Gasteiger partial charge in [-0.1, -0.05) is 60.2 Å². The van der Waals surface area contributed by atoms with Gasteiger partial charge in [0.25, 0.3) is 0 Å². The monoisotopic (exact) mass is 318 g/mol. The van der Waals surface area contributed by atoms with Crippen LogP contribution in [-0.2, 0) is 0 Å². The van der Waals surface area contributed by atoms with E-state index in [4.69, 9.17) is 0 Å². The van der Waals surface area contributed by atoms with E-state index in [9.17, 15) is 4.39 Å². The molecular formula is C21H15FS. The third-order valence-electron chi connectivity index (χ3n) is 4.04. The summed E-state index contributed by atoms with van der Waals surface area (Å²) in [7, 11) is 0. The quantitative estimate of drug-likeness (QED) is 0.386. The summed E-state index contributed by atoms with van der Waals surface area (Å²) >= 11 is 1.76. The topological polar surface area (TPSA) is 0 Å². The number of rotatable bonds is 2. The minimum absolute atomic E-state index is 0.199. The molecule has 23 heavy (non-hydrogen) atoms. The molecule has 1 heterocycles. The van der Waals surface area contributed by atoms with Gasteiger partial charge in [0.15, 0.2) is 0 Å². The highest BCUT2D eigenvalue weighted by Crippen LogP contribution is 2.39. The van der Waals surface area contributed by atoms with E-state index in [1.54, 1.807) is 11.3 Å². The fourth-order valence-corrected chi connectivity index (χ4v) is 3.98. The Morgan fingerprint density at radius 1 is 0.783 bits per heavy atom. The molecule has 0 amide bonds. The van der Waals surface area contributed by atoms with Gasteiger partial charge in [-0.2, -0.15) is 0 Å². The van der Waals surface area contributed by atoms with Crippen LogP contribution < -0.4 is 0 Å². The summed E-state index contributed by atoms with van der Waals surface area (Å²) in [5.41, 5.74) is 4.80. The van der Waals surface area contributed by atoms with Crippen LogP contribution in [0.1, 0.15) is 5.56 Å². The maximum Gasteiger partial charge on any atom is 0.123 e. The van der Waals surface area contributed by atoms with Crippen molar-refractivity contribution in [2.45, 2.75) is 6.92 Å². The van der Waals surface area contributed by atoms with Crippen LogP contribution in [0.4, 0.5) is 4.39 Å². The number of hydrogen-bond acceptors (Lipinski definition) is 1. The van der Waals surface area contributed by atoms with E-state index in [0.29, 0.717) is 0 Å². The molecule has 0 saturated carbocycles. The fraction of sp³-hybridized carbons (Fsp3) is 0.0476. The average Bonchev–Trinajstić information content (AvgIpc) is 3.00. The molecule has 0 aliphatic rings. The normalized spacial score (nSPS) is 11.0. The Kier molecular flexibility index (Phi) is 3.47. The van der Waals surface area contributed by atoms with E-state index in [1.807, 2.05) is 12.1 Å². The Labute approximate surface area is 138 Å². The highest BCUT2D eigenvalue weighted by molar-refractivity contribution is 7.22. The molecule has 0 nitrogen and oxygen atoms in total. The van der Waals surface area contributed by atoms with Crippen LogP contribution in [0, 0.1) is 12.7 Å². The molecule has 0 radical (unpaired) electrons. The van der Waals surface area contributed by atoms with Crippen molar-refractivity contribution >= 4 is 21.4 Å². The first kappa shape index (κ1) is 14.2. The number of thiophene rings is 1. The van der Waals surface area contributed by atoms with E-state index in [0.717, 1.165) is 5.56 Å². The van der Waals surface area contributed by atoms with Crippen LogP contribution in [0.25, 0.3) is 31.7 Å². The predicted octanol–water partition coefficient (Wildman–Crippen LogP) is 6.68. The van der Waals surface area contributed by atoms with E-state index >= 15 is 0 Å². The first-order chi connectivity index (χ1) is 11.2. The SMILES string of the molecule is Cc1ccc(-c2cccc3cc(-c4ccc(F)cc4)sc23)cc1. The Morgan fingerprint density at radius 2 is 1.48 bits per heavy atom. The van der Waals surface area contributed by atoms with E-state index in [2.05, 4.69) is 55.5 Å². The van der Waals surface area contributed by atoms with Crippen molar-refractivity contribution in [1.29, 1.82) is 0 Å². The number of benzene rings is 3. The maximum atomic E-state index is 13.1. The van der Waals surface area contributed by atoms with Crippen molar-refractivity contribution < 1.29 is 4.39 Å². The molecule has 0 fully saturated rings. The first-order valence-corrected chi connectivity index (χ1v) is 8.38. The molecule has 3 aromatic carbocycles. The average molecular weight is 318 g/mol. The molecule has 2 heteroatoms. The van der Waals surface area contributed by atoms with Crippen molar-refractivity contribution in [1.82, 2.24) is 0 Å². The van der Waals surface area contributed by atoms with Crippen LogP contribution in [0.3, 0.4) is 0 Å². The molecule has 0 N–H and O–H groups in total. The standard InChI is InChI=1S/C21H15FS/c1-14-5-7-15(8-6-14)19-4-2-3-17-13-20(23-21(17)19)16-9-11-18(22)12-10-16/h2-13H,1H3. The second kappa shape index (κ2) is 5.64. The summed E-state index contributed by atoms with van der Waals surface area (Å²) in [6.45, 7) is 2.10. The molecule has 4 rings (SSSR count). The second-order valence-electron chi connectivity index (χ2n) is 5.71. The number of halogens is 1. The van der Waals surface area contributed by atoms with Crippen LogP contribution in [0.2, 0.25) is 0 Å². The van der Waals surface area contributed by atoms with Crippen LogP contribution in [0.15, 0.2) is 72.8 Å². The lowest BCUT2D eigenvalue weighted by Crippen LogP contribution is -1.78. The van der Waals surface area contributed by atoms with Gasteiger partial charge in [-0.3, -0.25) is 0 Å². The van der Waals surface area contributed by atoms with Crippen molar-refractivity contribution in [2.75, 3.05) is 0 Å². The van der Waals surface area contributed by atoms with Gasteiger partial charge in [0.05, 0.1) is 0 Å². The molecule has 0 saturated heterocycles. The molecular weight excluding hydrogens is 303 g/mol. The minimum atomic E-state index is -0.199.